The van der Waals surface area contributed by atoms with Crippen LogP contribution in [0.1, 0.15) is 17.2 Å². The summed E-state index contributed by atoms with van der Waals surface area (Å²) in [4.78, 5) is 0. The molecular formula is C10H12FNO. The van der Waals surface area contributed by atoms with Crippen LogP contribution in [-0.2, 0) is 6.42 Å². The average Bonchev–Trinajstić information content (AvgIpc) is 2.16. The number of rotatable bonds is 1. The molecule has 0 bridgehead atoms. The van der Waals surface area contributed by atoms with Crippen LogP contribution in [0.4, 0.5) is 4.39 Å². The lowest BCUT2D eigenvalue weighted by atomic mass is 9.95. The van der Waals surface area contributed by atoms with Gasteiger partial charge in [0.05, 0.1) is 12.6 Å². The van der Waals surface area contributed by atoms with E-state index in [9.17, 15) is 4.39 Å². The molecule has 1 aromatic rings. The SMILES string of the molecule is OC[C@@H]1NCCc2cc(F)ccc21. The number of aliphatic hydroxyl groups is 1. The van der Waals surface area contributed by atoms with Crippen molar-refractivity contribution in [1.29, 1.82) is 0 Å². The Morgan fingerprint density at radius 2 is 2.38 bits per heavy atom. The van der Waals surface area contributed by atoms with E-state index in [1.54, 1.807) is 12.1 Å². The predicted octanol–water partition coefficient (Wildman–Crippen LogP) is 1.00. The first kappa shape index (κ1) is 8.66. The summed E-state index contributed by atoms with van der Waals surface area (Å²) in [7, 11) is 0. The summed E-state index contributed by atoms with van der Waals surface area (Å²) in [6.45, 7) is 0.875. The van der Waals surface area contributed by atoms with Crippen LogP contribution in [0.15, 0.2) is 18.2 Å². The van der Waals surface area contributed by atoms with Crippen molar-refractivity contribution in [2.75, 3.05) is 13.2 Å². The monoisotopic (exact) mass is 181 g/mol. The molecule has 0 saturated carbocycles. The molecule has 1 atom stereocenters. The maximum Gasteiger partial charge on any atom is 0.123 e. The summed E-state index contributed by atoms with van der Waals surface area (Å²) in [6.07, 6.45) is 0.837. The van der Waals surface area contributed by atoms with Crippen molar-refractivity contribution >= 4 is 0 Å². The van der Waals surface area contributed by atoms with Crippen LogP contribution in [0.25, 0.3) is 0 Å². The van der Waals surface area contributed by atoms with Gasteiger partial charge in [-0.2, -0.15) is 0 Å². The Labute approximate surface area is 76.4 Å². The van der Waals surface area contributed by atoms with Gasteiger partial charge in [-0.25, -0.2) is 4.39 Å². The lowest BCUT2D eigenvalue weighted by molar-refractivity contribution is 0.240. The van der Waals surface area contributed by atoms with Crippen molar-refractivity contribution in [3.8, 4) is 0 Å². The fraction of sp³-hybridized carbons (Fsp3) is 0.400. The second kappa shape index (κ2) is 3.44. The zero-order valence-corrected chi connectivity index (χ0v) is 7.26. The molecule has 0 fully saturated rings. The number of hydrogen-bond acceptors (Lipinski definition) is 2. The van der Waals surface area contributed by atoms with Crippen LogP contribution in [0, 0.1) is 5.82 Å². The minimum Gasteiger partial charge on any atom is -0.394 e. The highest BCUT2D eigenvalue weighted by Gasteiger charge is 2.18. The van der Waals surface area contributed by atoms with Gasteiger partial charge in [0.1, 0.15) is 5.82 Å². The van der Waals surface area contributed by atoms with Gasteiger partial charge in [0, 0.05) is 0 Å². The molecule has 0 radical (unpaired) electrons. The molecule has 2 rings (SSSR count). The molecular weight excluding hydrogens is 169 g/mol. The molecule has 0 amide bonds. The molecule has 2 nitrogen and oxygen atoms in total. The standard InChI is InChI=1S/C10H12FNO/c11-8-1-2-9-7(5-8)3-4-12-10(9)6-13/h1-2,5,10,12-13H,3-4,6H2/t10-/m0/s1. The summed E-state index contributed by atoms with van der Waals surface area (Å²) in [5.41, 5.74) is 2.04. The summed E-state index contributed by atoms with van der Waals surface area (Å²) in [5, 5.41) is 12.2. The van der Waals surface area contributed by atoms with Gasteiger partial charge < -0.3 is 10.4 Å². The lowest BCUT2D eigenvalue weighted by Crippen LogP contribution is -2.32. The van der Waals surface area contributed by atoms with E-state index in [0.717, 1.165) is 24.1 Å². The van der Waals surface area contributed by atoms with Gasteiger partial charge in [-0.05, 0) is 36.2 Å². The van der Waals surface area contributed by atoms with E-state index < -0.39 is 0 Å². The molecule has 0 saturated heterocycles. The van der Waals surface area contributed by atoms with Gasteiger partial charge in [-0.3, -0.25) is 0 Å². The first-order valence-electron chi connectivity index (χ1n) is 4.44. The molecule has 70 valence electrons. The van der Waals surface area contributed by atoms with Crippen LogP contribution in [0.5, 0.6) is 0 Å². The Hall–Kier alpha value is -0.930. The van der Waals surface area contributed by atoms with Crippen molar-refractivity contribution in [3.63, 3.8) is 0 Å². The highest BCUT2D eigenvalue weighted by Crippen LogP contribution is 2.22. The third-order valence-electron chi connectivity index (χ3n) is 2.45. The molecule has 0 spiro atoms. The second-order valence-corrected chi connectivity index (χ2v) is 3.28. The van der Waals surface area contributed by atoms with E-state index in [4.69, 9.17) is 5.11 Å². The summed E-state index contributed by atoms with van der Waals surface area (Å²) < 4.78 is 12.8. The van der Waals surface area contributed by atoms with Gasteiger partial charge in [0.25, 0.3) is 0 Å². The quantitative estimate of drug-likeness (QED) is 0.677. The van der Waals surface area contributed by atoms with Gasteiger partial charge in [0.2, 0.25) is 0 Å². The first-order valence-corrected chi connectivity index (χ1v) is 4.44. The molecule has 0 aliphatic carbocycles. The zero-order chi connectivity index (χ0) is 9.26. The topological polar surface area (TPSA) is 32.3 Å². The van der Waals surface area contributed by atoms with E-state index in [-0.39, 0.29) is 18.5 Å². The van der Waals surface area contributed by atoms with Crippen molar-refractivity contribution in [2.24, 2.45) is 0 Å². The molecule has 3 heteroatoms. The fourth-order valence-electron chi connectivity index (χ4n) is 1.78. The predicted molar refractivity (Wildman–Crippen MR) is 47.9 cm³/mol. The minimum absolute atomic E-state index is 0.0238. The van der Waals surface area contributed by atoms with E-state index in [2.05, 4.69) is 5.32 Å². The maximum atomic E-state index is 12.8. The van der Waals surface area contributed by atoms with E-state index in [1.165, 1.54) is 6.07 Å². The molecule has 13 heavy (non-hydrogen) atoms. The molecule has 1 aromatic carbocycles. The third-order valence-corrected chi connectivity index (χ3v) is 2.45. The highest BCUT2D eigenvalue weighted by atomic mass is 19.1. The molecule has 1 aliphatic heterocycles. The van der Waals surface area contributed by atoms with Crippen molar-refractivity contribution < 1.29 is 9.50 Å². The number of benzene rings is 1. The van der Waals surface area contributed by atoms with Crippen LogP contribution in [0.2, 0.25) is 0 Å². The average molecular weight is 181 g/mol. The van der Waals surface area contributed by atoms with Gasteiger partial charge >= 0.3 is 0 Å². The van der Waals surface area contributed by atoms with Crippen molar-refractivity contribution in [2.45, 2.75) is 12.5 Å². The molecule has 0 aromatic heterocycles. The Balaban J connectivity index is 2.40. The zero-order valence-electron chi connectivity index (χ0n) is 7.26. The molecule has 2 N–H and O–H groups in total. The molecule has 1 aliphatic rings. The maximum absolute atomic E-state index is 12.8. The van der Waals surface area contributed by atoms with Gasteiger partial charge in [-0.15, -0.1) is 0 Å². The third kappa shape index (κ3) is 1.57. The highest BCUT2D eigenvalue weighted by molar-refractivity contribution is 5.33. The molecule has 1 heterocycles. The minimum atomic E-state index is -0.197. The van der Waals surface area contributed by atoms with Crippen molar-refractivity contribution in [1.82, 2.24) is 5.32 Å². The van der Waals surface area contributed by atoms with Crippen LogP contribution >= 0.6 is 0 Å². The number of halogens is 1. The number of fused-ring (bicyclic) bond motifs is 1. The lowest BCUT2D eigenvalue weighted by Gasteiger charge is -2.25. The van der Waals surface area contributed by atoms with E-state index >= 15 is 0 Å². The van der Waals surface area contributed by atoms with E-state index in [1.807, 2.05) is 0 Å². The Morgan fingerprint density at radius 3 is 3.15 bits per heavy atom. The number of nitrogens with one attached hydrogen (secondary N) is 1. The largest absolute Gasteiger partial charge is 0.394 e. The van der Waals surface area contributed by atoms with Crippen LogP contribution < -0.4 is 5.32 Å². The molecule has 0 unspecified atom stereocenters. The van der Waals surface area contributed by atoms with E-state index in [0.29, 0.717) is 0 Å². The number of hydrogen-bond donors (Lipinski definition) is 2. The smallest absolute Gasteiger partial charge is 0.123 e. The Kier molecular flexibility index (Phi) is 2.29. The normalized spacial score (nSPS) is 21.2. The fourth-order valence-corrected chi connectivity index (χ4v) is 1.78. The summed E-state index contributed by atoms with van der Waals surface area (Å²) >= 11 is 0. The summed E-state index contributed by atoms with van der Waals surface area (Å²) in [5.74, 6) is -0.197. The Bertz CT molecular complexity index is 314. The van der Waals surface area contributed by atoms with Crippen molar-refractivity contribution in [3.05, 3.63) is 35.1 Å². The second-order valence-electron chi connectivity index (χ2n) is 3.28. The first-order chi connectivity index (χ1) is 6.31. The van der Waals surface area contributed by atoms with Crippen LogP contribution in [-0.4, -0.2) is 18.3 Å². The number of aliphatic hydroxyl groups excluding tert-OH is 1. The van der Waals surface area contributed by atoms with Crippen LogP contribution in [0.3, 0.4) is 0 Å². The Morgan fingerprint density at radius 1 is 1.54 bits per heavy atom. The van der Waals surface area contributed by atoms with Gasteiger partial charge in [0.15, 0.2) is 0 Å². The summed E-state index contributed by atoms with van der Waals surface area (Å²) in [6, 6.07) is 4.72. The van der Waals surface area contributed by atoms with Gasteiger partial charge in [-0.1, -0.05) is 6.07 Å².